The van der Waals surface area contributed by atoms with Crippen LogP contribution >= 0.6 is 0 Å². The molecule has 1 aliphatic heterocycles. The fourth-order valence-electron chi connectivity index (χ4n) is 2.62. The molecule has 3 unspecified atom stereocenters. The highest BCUT2D eigenvalue weighted by molar-refractivity contribution is 5.36. The van der Waals surface area contributed by atoms with Crippen LogP contribution in [-0.2, 0) is 0 Å². The van der Waals surface area contributed by atoms with Crippen LogP contribution in [0.25, 0.3) is 0 Å². The SMILES string of the molecule is CC(O)C1CCN(CC(O)COc2cccc(C#N)c2)C1. The van der Waals surface area contributed by atoms with E-state index in [0.717, 1.165) is 19.5 Å². The van der Waals surface area contributed by atoms with Gasteiger partial charge >= 0.3 is 0 Å². The highest BCUT2D eigenvalue weighted by Gasteiger charge is 2.27. The maximum atomic E-state index is 10.0. The third-order valence-electron chi connectivity index (χ3n) is 3.87. The number of aliphatic hydroxyl groups excluding tert-OH is 2. The largest absolute Gasteiger partial charge is 0.491 e. The maximum Gasteiger partial charge on any atom is 0.120 e. The number of ether oxygens (including phenoxy) is 1. The van der Waals surface area contributed by atoms with Crippen molar-refractivity contribution in [1.82, 2.24) is 4.90 Å². The number of β-amino-alcohol motifs (C(OH)–C–C–N with tert-alkyl or cyclic N) is 1. The van der Waals surface area contributed by atoms with Crippen LogP contribution in [0.1, 0.15) is 18.9 Å². The molecule has 0 radical (unpaired) electrons. The maximum absolute atomic E-state index is 10.0. The molecule has 2 rings (SSSR count). The zero-order valence-corrected chi connectivity index (χ0v) is 12.3. The van der Waals surface area contributed by atoms with Crippen molar-refractivity contribution in [2.24, 2.45) is 5.92 Å². The van der Waals surface area contributed by atoms with Crippen molar-refractivity contribution >= 4 is 0 Å². The zero-order valence-electron chi connectivity index (χ0n) is 12.3. The predicted molar refractivity (Wildman–Crippen MR) is 78.9 cm³/mol. The van der Waals surface area contributed by atoms with Gasteiger partial charge in [0.25, 0.3) is 0 Å². The van der Waals surface area contributed by atoms with Gasteiger partial charge in [0.15, 0.2) is 0 Å². The van der Waals surface area contributed by atoms with Gasteiger partial charge < -0.3 is 19.8 Å². The summed E-state index contributed by atoms with van der Waals surface area (Å²) < 4.78 is 5.52. The summed E-state index contributed by atoms with van der Waals surface area (Å²) in [5.41, 5.74) is 0.543. The van der Waals surface area contributed by atoms with Crippen molar-refractivity contribution in [3.05, 3.63) is 29.8 Å². The monoisotopic (exact) mass is 290 g/mol. The summed E-state index contributed by atoms with van der Waals surface area (Å²) in [6.45, 7) is 4.27. The number of rotatable bonds is 6. The van der Waals surface area contributed by atoms with E-state index >= 15 is 0 Å². The van der Waals surface area contributed by atoms with E-state index in [1.807, 2.05) is 6.92 Å². The standard InChI is InChI=1S/C16H22N2O3/c1-12(19)14-5-6-18(9-14)10-15(20)11-21-16-4-2-3-13(7-16)8-17/h2-4,7,12,14-15,19-20H,5-6,9-11H2,1H3. The molecule has 0 spiro atoms. The Morgan fingerprint density at radius 2 is 2.29 bits per heavy atom. The molecule has 21 heavy (non-hydrogen) atoms. The minimum absolute atomic E-state index is 0.199. The molecular formula is C16H22N2O3. The van der Waals surface area contributed by atoms with Crippen LogP contribution in [0, 0.1) is 17.2 Å². The summed E-state index contributed by atoms with van der Waals surface area (Å²) in [6.07, 6.45) is 0.0933. The Balaban J connectivity index is 1.75. The average Bonchev–Trinajstić information content (AvgIpc) is 2.94. The van der Waals surface area contributed by atoms with Gasteiger partial charge in [0.1, 0.15) is 18.5 Å². The summed E-state index contributed by atoms with van der Waals surface area (Å²) in [5, 5.41) is 28.4. The van der Waals surface area contributed by atoms with Crippen molar-refractivity contribution in [2.45, 2.75) is 25.6 Å². The third kappa shape index (κ3) is 4.71. The van der Waals surface area contributed by atoms with Gasteiger partial charge in [0.2, 0.25) is 0 Å². The Morgan fingerprint density at radius 1 is 1.48 bits per heavy atom. The van der Waals surface area contributed by atoms with Gasteiger partial charge in [0, 0.05) is 13.1 Å². The van der Waals surface area contributed by atoms with E-state index < -0.39 is 6.10 Å². The minimum atomic E-state index is -0.580. The molecule has 1 heterocycles. The molecule has 0 bridgehead atoms. The van der Waals surface area contributed by atoms with Gasteiger partial charge in [-0.2, -0.15) is 5.26 Å². The summed E-state index contributed by atoms with van der Waals surface area (Å²) in [7, 11) is 0. The van der Waals surface area contributed by atoms with Crippen LogP contribution in [0.15, 0.2) is 24.3 Å². The van der Waals surface area contributed by atoms with Crippen LogP contribution in [0.3, 0.4) is 0 Å². The molecule has 0 amide bonds. The van der Waals surface area contributed by atoms with Gasteiger partial charge in [0.05, 0.1) is 17.7 Å². The molecule has 1 aromatic carbocycles. The van der Waals surface area contributed by atoms with Gasteiger partial charge in [-0.3, -0.25) is 0 Å². The molecule has 1 saturated heterocycles. The first kappa shape index (κ1) is 15.8. The van der Waals surface area contributed by atoms with Gasteiger partial charge in [-0.1, -0.05) is 6.07 Å². The van der Waals surface area contributed by atoms with Crippen molar-refractivity contribution < 1.29 is 14.9 Å². The third-order valence-corrected chi connectivity index (χ3v) is 3.87. The Hall–Kier alpha value is -1.61. The van der Waals surface area contributed by atoms with Gasteiger partial charge in [-0.15, -0.1) is 0 Å². The lowest BCUT2D eigenvalue weighted by molar-refractivity contribution is 0.0696. The van der Waals surface area contributed by atoms with Crippen molar-refractivity contribution in [1.29, 1.82) is 5.26 Å². The molecule has 1 fully saturated rings. The Morgan fingerprint density at radius 3 is 2.95 bits per heavy atom. The lowest BCUT2D eigenvalue weighted by Crippen LogP contribution is -2.35. The molecule has 0 aromatic heterocycles. The first-order valence-corrected chi connectivity index (χ1v) is 7.30. The topological polar surface area (TPSA) is 76.7 Å². The molecular weight excluding hydrogens is 268 g/mol. The summed E-state index contributed by atoms with van der Waals surface area (Å²) in [4.78, 5) is 2.15. The first-order chi connectivity index (χ1) is 10.1. The number of aliphatic hydroxyl groups is 2. The average molecular weight is 290 g/mol. The van der Waals surface area contributed by atoms with Crippen molar-refractivity contribution in [3.8, 4) is 11.8 Å². The first-order valence-electron chi connectivity index (χ1n) is 7.30. The van der Waals surface area contributed by atoms with Gasteiger partial charge in [-0.05, 0) is 44.0 Å². The van der Waals surface area contributed by atoms with E-state index in [2.05, 4.69) is 11.0 Å². The van der Waals surface area contributed by atoms with E-state index in [4.69, 9.17) is 10.00 Å². The van der Waals surface area contributed by atoms with Crippen molar-refractivity contribution in [3.63, 3.8) is 0 Å². The van der Waals surface area contributed by atoms with Crippen LogP contribution in [0.5, 0.6) is 5.75 Å². The van der Waals surface area contributed by atoms with Gasteiger partial charge in [-0.25, -0.2) is 0 Å². The molecule has 1 aliphatic rings. The lowest BCUT2D eigenvalue weighted by atomic mass is 10.0. The second kappa shape index (κ2) is 7.41. The zero-order chi connectivity index (χ0) is 15.2. The summed E-state index contributed by atoms with van der Waals surface area (Å²) in [6, 6.07) is 8.95. The van der Waals surface area contributed by atoms with E-state index in [1.54, 1.807) is 24.3 Å². The number of nitriles is 1. The molecule has 0 saturated carbocycles. The fraction of sp³-hybridized carbons (Fsp3) is 0.562. The number of likely N-dealkylation sites (tertiary alicyclic amines) is 1. The van der Waals surface area contributed by atoms with E-state index in [0.29, 0.717) is 23.8 Å². The van der Waals surface area contributed by atoms with E-state index in [-0.39, 0.29) is 12.7 Å². The molecule has 5 nitrogen and oxygen atoms in total. The van der Waals surface area contributed by atoms with Crippen LogP contribution in [0.4, 0.5) is 0 Å². The molecule has 1 aromatic rings. The quantitative estimate of drug-likeness (QED) is 0.817. The highest BCUT2D eigenvalue weighted by atomic mass is 16.5. The number of hydrogen-bond donors (Lipinski definition) is 2. The minimum Gasteiger partial charge on any atom is -0.491 e. The second-order valence-electron chi connectivity index (χ2n) is 5.65. The normalized spacial score (nSPS) is 21.7. The fourth-order valence-corrected chi connectivity index (χ4v) is 2.62. The smallest absolute Gasteiger partial charge is 0.120 e. The van der Waals surface area contributed by atoms with Crippen LogP contribution < -0.4 is 4.74 Å². The lowest BCUT2D eigenvalue weighted by Gasteiger charge is -2.21. The number of benzene rings is 1. The summed E-state index contributed by atoms with van der Waals surface area (Å²) in [5.74, 6) is 0.891. The molecule has 3 atom stereocenters. The Bertz CT molecular complexity index is 499. The van der Waals surface area contributed by atoms with Crippen molar-refractivity contribution in [2.75, 3.05) is 26.2 Å². The molecule has 5 heteroatoms. The van der Waals surface area contributed by atoms with Crippen LogP contribution in [-0.4, -0.2) is 53.6 Å². The highest BCUT2D eigenvalue weighted by Crippen LogP contribution is 2.20. The summed E-state index contributed by atoms with van der Waals surface area (Å²) >= 11 is 0. The Labute approximate surface area is 125 Å². The van der Waals surface area contributed by atoms with Crippen LogP contribution in [0.2, 0.25) is 0 Å². The van der Waals surface area contributed by atoms with E-state index in [9.17, 15) is 10.2 Å². The second-order valence-corrected chi connectivity index (χ2v) is 5.65. The number of hydrogen-bond acceptors (Lipinski definition) is 5. The predicted octanol–water partition coefficient (Wildman–Crippen LogP) is 1.00. The van der Waals surface area contributed by atoms with E-state index in [1.165, 1.54) is 0 Å². The number of nitrogens with zero attached hydrogens (tertiary/aromatic N) is 2. The molecule has 2 N–H and O–H groups in total. The Kier molecular flexibility index (Phi) is 5.57. The molecule has 114 valence electrons. The molecule has 0 aliphatic carbocycles.